The fraction of sp³-hybridized carbons (Fsp3) is 0.316. The van der Waals surface area contributed by atoms with E-state index in [0.717, 1.165) is 16.4 Å². The number of sulfonamides is 1. The van der Waals surface area contributed by atoms with E-state index in [1.54, 1.807) is 0 Å². The van der Waals surface area contributed by atoms with E-state index in [-0.39, 0.29) is 48.1 Å². The van der Waals surface area contributed by atoms with Crippen LogP contribution in [0.5, 0.6) is 11.5 Å². The summed E-state index contributed by atoms with van der Waals surface area (Å²) in [7, 11) is -2.82. The molecule has 0 bridgehead atoms. The number of carbonyl (C=O) groups excluding carboxylic acids is 1. The minimum atomic E-state index is -4.06. The Morgan fingerprint density at radius 3 is 2.23 bits per heavy atom. The average Bonchev–Trinajstić information content (AvgIpc) is 2.75. The lowest BCUT2D eigenvalue weighted by molar-refractivity contribution is -0.0512. The van der Waals surface area contributed by atoms with Crippen LogP contribution in [0.2, 0.25) is 0 Å². The van der Waals surface area contributed by atoms with E-state index in [1.165, 1.54) is 30.2 Å². The lowest BCUT2D eigenvalue weighted by Gasteiger charge is -2.34. The fourth-order valence-corrected chi connectivity index (χ4v) is 4.53. The van der Waals surface area contributed by atoms with Crippen molar-refractivity contribution in [3.63, 3.8) is 0 Å². The van der Waals surface area contributed by atoms with E-state index in [2.05, 4.69) is 4.74 Å². The third kappa shape index (κ3) is 4.90. The predicted molar refractivity (Wildman–Crippen MR) is 101 cm³/mol. The second kappa shape index (κ2) is 9.10. The Labute approximate surface area is 175 Å². The summed E-state index contributed by atoms with van der Waals surface area (Å²) in [6.07, 6.45) is 0. The van der Waals surface area contributed by atoms with Gasteiger partial charge in [-0.15, -0.1) is 0 Å². The van der Waals surface area contributed by atoms with Crippen molar-refractivity contribution in [2.75, 3.05) is 33.3 Å². The van der Waals surface area contributed by atoms with Crippen LogP contribution in [0.4, 0.5) is 17.6 Å². The topological polar surface area (TPSA) is 76.2 Å². The number of rotatable bonds is 6. The summed E-state index contributed by atoms with van der Waals surface area (Å²) in [6, 6.07) is 6.05. The molecule has 0 aromatic heterocycles. The molecule has 0 radical (unpaired) electrons. The van der Waals surface area contributed by atoms with Crippen molar-refractivity contribution in [2.24, 2.45) is 0 Å². The quantitative estimate of drug-likeness (QED) is 0.618. The van der Waals surface area contributed by atoms with Crippen LogP contribution in [0.25, 0.3) is 0 Å². The van der Waals surface area contributed by atoms with E-state index < -0.39 is 34.2 Å². The molecule has 168 valence electrons. The number of halogens is 4. The number of benzene rings is 2. The van der Waals surface area contributed by atoms with Crippen LogP contribution in [0.15, 0.2) is 41.3 Å². The molecule has 31 heavy (non-hydrogen) atoms. The highest BCUT2D eigenvalue weighted by molar-refractivity contribution is 7.89. The first-order valence-corrected chi connectivity index (χ1v) is 10.4. The second-order valence-corrected chi connectivity index (χ2v) is 8.45. The van der Waals surface area contributed by atoms with E-state index in [4.69, 9.17) is 4.74 Å². The Kier molecular flexibility index (Phi) is 6.70. The Balaban J connectivity index is 1.70. The molecule has 0 atom stereocenters. The fourth-order valence-electron chi connectivity index (χ4n) is 3.09. The zero-order valence-corrected chi connectivity index (χ0v) is 17.0. The number of piperazine rings is 1. The molecule has 0 unspecified atom stereocenters. The monoisotopic (exact) mass is 462 g/mol. The van der Waals surface area contributed by atoms with Crippen molar-refractivity contribution in [2.45, 2.75) is 11.5 Å². The van der Waals surface area contributed by atoms with Crippen molar-refractivity contribution in [1.82, 2.24) is 9.21 Å². The van der Waals surface area contributed by atoms with Gasteiger partial charge < -0.3 is 14.4 Å². The maximum Gasteiger partial charge on any atom is 0.387 e. The SMILES string of the molecule is COc1cc(C(=O)N2CCN(S(=O)(=O)c3ccc(F)c(F)c3)CC2)ccc1OC(F)F. The van der Waals surface area contributed by atoms with Crippen molar-refractivity contribution < 1.29 is 40.2 Å². The van der Waals surface area contributed by atoms with Crippen molar-refractivity contribution in [3.05, 3.63) is 53.6 Å². The summed E-state index contributed by atoms with van der Waals surface area (Å²) in [6.45, 7) is -3.09. The number of amides is 1. The first-order valence-electron chi connectivity index (χ1n) is 9.01. The van der Waals surface area contributed by atoms with Gasteiger partial charge in [-0.2, -0.15) is 13.1 Å². The zero-order valence-electron chi connectivity index (χ0n) is 16.2. The maximum atomic E-state index is 13.4. The van der Waals surface area contributed by atoms with E-state index >= 15 is 0 Å². The molecule has 12 heteroatoms. The molecule has 1 heterocycles. The van der Waals surface area contributed by atoms with Crippen molar-refractivity contribution in [1.29, 1.82) is 0 Å². The molecule has 2 aromatic rings. The molecule has 1 amide bonds. The number of methoxy groups -OCH3 is 1. The molecule has 0 N–H and O–H groups in total. The lowest BCUT2D eigenvalue weighted by Crippen LogP contribution is -2.50. The Morgan fingerprint density at radius 2 is 1.65 bits per heavy atom. The van der Waals surface area contributed by atoms with Crippen LogP contribution < -0.4 is 9.47 Å². The van der Waals surface area contributed by atoms with Crippen LogP contribution in [-0.4, -0.2) is 63.4 Å². The van der Waals surface area contributed by atoms with Gasteiger partial charge in [0.25, 0.3) is 5.91 Å². The largest absolute Gasteiger partial charge is 0.493 e. The molecule has 0 aliphatic carbocycles. The van der Waals surface area contributed by atoms with E-state index in [0.29, 0.717) is 6.07 Å². The van der Waals surface area contributed by atoms with Gasteiger partial charge >= 0.3 is 6.61 Å². The number of ether oxygens (including phenoxy) is 2. The van der Waals surface area contributed by atoms with Gasteiger partial charge in [0, 0.05) is 31.7 Å². The molecular weight excluding hydrogens is 444 g/mol. The highest BCUT2D eigenvalue weighted by atomic mass is 32.2. The molecule has 2 aromatic carbocycles. The maximum absolute atomic E-state index is 13.4. The van der Waals surface area contributed by atoms with Gasteiger partial charge in [-0.05, 0) is 36.4 Å². The van der Waals surface area contributed by atoms with Crippen LogP contribution in [0.3, 0.4) is 0 Å². The Morgan fingerprint density at radius 1 is 0.968 bits per heavy atom. The van der Waals surface area contributed by atoms with E-state index in [1.807, 2.05) is 0 Å². The van der Waals surface area contributed by atoms with Crippen LogP contribution in [0.1, 0.15) is 10.4 Å². The number of hydrogen-bond acceptors (Lipinski definition) is 5. The van der Waals surface area contributed by atoms with Crippen LogP contribution in [-0.2, 0) is 10.0 Å². The zero-order chi connectivity index (χ0) is 22.8. The smallest absolute Gasteiger partial charge is 0.387 e. The van der Waals surface area contributed by atoms with Gasteiger partial charge in [0.15, 0.2) is 23.1 Å². The first kappa shape index (κ1) is 22.8. The molecular formula is C19H18F4N2O5S. The third-order valence-electron chi connectivity index (χ3n) is 4.68. The molecule has 1 saturated heterocycles. The van der Waals surface area contributed by atoms with Crippen molar-refractivity contribution >= 4 is 15.9 Å². The van der Waals surface area contributed by atoms with Crippen LogP contribution in [0, 0.1) is 11.6 Å². The molecule has 1 fully saturated rings. The molecule has 1 aliphatic rings. The molecule has 0 saturated carbocycles. The summed E-state index contributed by atoms with van der Waals surface area (Å²) >= 11 is 0. The second-order valence-electron chi connectivity index (χ2n) is 6.52. The van der Waals surface area contributed by atoms with Gasteiger partial charge in [0.1, 0.15) is 0 Å². The summed E-state index contributed by atoms with van der Waals surface area (Å²) in [5, 5.41) is 0. The number of nitrogens with zero attached hydrogens (tertiary/aromatic N) is 2. The van der Waals surface area contributed by atoms with Gasteiger partial charge in [0.2, 0.25) is 10.0 Å². The number of carbonyl (C=O) groups is 1. The normalized spacial score (nSPS) is 15.2. The van der Waals surface area contributed by atoms with Gasteiger partial charge in [-0.3, -0.25) is 4.79 Å². The Hall–Kier alpha value is -2.86. The predicted octanol–water partition coefficient (Wildman–Crippen LogP) is 2.72. The van der Waals surface area contributed by atoms with Gasteiger partial charge in [-0.1, -0.05) is 0 Å². The third-order valence-corrected chi connectivity index (χ3v) is 6.58. The summed E-state index contributed by atoms with van der Waals surface area (Å²) in [5.41, 5.74) is 0.148. The molecule has 0 spiro atoms. The highest BCUT2D eigenvalue weighted by Crippen LogP contribution is 2.30. The number of hydrogen-bond donors (Lipinski definition) is 0. The summed E-state index contributed by atoms with van der Waals surface area (Å²) in [5.74, 6) is -3.16. The van der Waals surface area contributed by atoms with Crippen LogP contribution >= 0.6 is 0 Å². The number of alkyl halides is 2. The lowest BCUT2D eigenvalue weighted by atomic mass is 10.1. The average molecular weight is 462 g/mol. The van der Waals surface area contributed by atoms with Crippen molar-refractivity contribution in [3.8, 4) is 11.5 Å². The molecule has 7 nitrogen and oxygen atoms in total. The molecule has 3 rings (SSSR count). The highest BCUT2D eigenvalue weighted by Gasteiger charge is 2.31. The van der Waals surface area contributed by atoms with E-state index in [9.17, 15) is 30.8 Å². The Bertz CT molecular complexity index is 1070. The molecule has 1 aliphatic heterocycles. The summed E-state index contributed by atoms with van der Waals surface area (Å²) < 4.78 is 87.1. The van der Waals surface area contributed by atoms with Gasteiger partial charge in [0.05, 0.1) is 12.0 Å². The summed E-state index contributed by atoms with van der Waals surface area (Å²) in [4.78, 5) is 13.7. The minimum absolute atomic E-state index is 0.0410. The minimum Gasteiger partial charge on any atom is -0.493 e. The standard InChI is InChI=1S/C19H18F4N2O5S/c1-29-17-10-12(2-5-16(17)30-19(22)23)18(26)24-6-8-25(9-7-24)31(27,28)13-3-4-14(20)15(21)11-13/h2-5,10-11,19H,6-9H2,1H3. The van der Waals surface area contributed by atoms with Gasteiger partial charge in [-0.25, -0.2) is 17.2 Å². The first-order chi connectivity index (χ1) is 14.6.